The van der Waals surface area contributed by atoms with E-state index in [1.165, 1.54) is 25.7 Å². The Bertz CT molecular complexity index is 245. The number of hydrogen-bond donors (Lipinski definition) is 2. The maximum absolute atomic E-state index is 10.6. The number of fused-ring (bicyclic) bond motifs is 2. The van der Waals surface area contributed by atoms with Gasteiger partial charge >= 0.3 is 5.97 Å². The van der Waals surface area contributed by atoms with Crippen molar-refractivity contribution in [2.75, 3.05) is 13.1 Å². The van der Waals surface area contributed by atoms with Gasteiger partial charge in [0, 0.05) is 24.7 Å². The molecule has 0 aromatic carbocycles. The largest absolute Gasteiger partial charge is 0.481 e. The summed E-state index contributed by atoms with van der Waals surface area (Å²) in [5.41, 5.74) is 0. The minimum absolute atomic E-state index is 0.271. The summed E-state index contributed by atoms with van der Waals surface area (Å²) < 4.78 is 0. The van der Waals surface area contributed by atoms with Crippen LogP contribution in [0.3, 0.4) is 0 Å². The van der Waals surface area contributed by atoms with E-state index in [-0.39, 0.29) is 6.42 Å². The van der Waals surface area contributed by atoms with Gasteiger partial charge in [0.2, 0.25) is 0 Å². The number of carboxylic acid groups (broad SMARTS) is 1. The Kier molecular flexibility index (Phi) is 3.82. The molecule has 4 heteroatoms. The van der Waals surface area contributed by atoms with Crippen LogP contribution >= 0.6 is 0 Å². The molecule has 0 radical (unpaired) electrons. The number of rotatable bonds is 5. The highest BCUT2D eigenvalue weighted by Gasteiger charge is 2.35. The summed E-state index contributed by atoms with van der Waals surface area (Å²) in [4.78, 5) is 13.0. The lowest BCUT2D eigenvalue weighted by Gasteiger charge is -2.37. The smallest absolute Gasteiger partial charge is 0.304 e. The Labute approximate surface area is 97.0 Å². The van der Waals surface area contributed by atoms with Crippen LogP contribution < -0.4 is 5.32 Å². The topological polar surface area (TPSA) is 52.6 Å². The van der Waals surface area contributed by atoms with Crippen LogP contribution in [-0.4, -0.2) is 47.2 Å². The molecule has 92 valence electrons. The standard InChI is InChI=1S/C12H22N2O2/c1-2-14(6-5-12(15)16)11-7-9-3-4-10(8-11)13-9/h9-11,13H,2-8H2,1H3,(H,15,16). The van der Waals surface area contributed by atoms with Gasteiger partial charge in [-0.3, -0.25) is 9.69 Å². The zero-order valence-electron chi connectivity index (χ0n) is 9.98. The average Bonchev–Trinajstić information content (AvgIpc) is 2.58. The third-order valence-electron chi connectivity index (χ3n) is 3.98. The maximum atomic E-state index is 10.6. The second-order valence-corrected chi connectivity index (χ2v) is 5.04. The second-order valence-electron chi connectivity index (χ2n) is 5.04. The van der Waals surface area contributed by atoms with Crippen molar-refractivity contribution in [2.45, 2.75) is 57.2 Å². The minimum atomic E-state index is -0.685. The van der Waals surface area contributed by atoms with Crippen LogP contribution in [-0.2, 0) is 4.79 Å². The molecule has 2 aliphatic heterocycles. The van der Waals surface area contributed by atoms with Crippen molar-refractivity contribution in [3.8, 4) is 0 Å². The number of aliphatic carboxylic acids is 1. The number of piperidine rings is 1. The molecule has 0 spiro atoms. The molecule has 2 atom stereocenters. The minimum Gasteiger partial charge on any atom is -0.481 e. The molecule has 0 aliphatic carbocycles. The van der Waals surface area contributed by atoms with Gasteiger partial charge in [-0.15, -0.1) is 0 Å². The van der Waals surface area contributed by atoms with Gasteiger partial charge < -0.3 is 10.4 Å². The van der Waals surface area contributed by atoms with Crippen LogP contribution in [0.5, 0.6) is 0 Å². The van der Waals surface area contributed by atoms with E-state index in [2.05, 4.69) is 17.1 Å². The normalized spacial score (nSPS) is 33.2. The number of nitrogens with zero attached hydrogens (tertiary/aromatic N) is 1. The molecule has 16 heavy (non-hydrogen) atoms. The summed E-state index contributed by atoms with van der Waals surface area (Å²) in [6.45, 7) is 3.80. The molecule has 2 unspecified atom stereocenters. The first kappa shape index (κ1) is 11.9. The number of hydrogen-bond acceptors (Lipinski definition) is 3. The summed E-state index contributed by atoms with van der Waals surface area (Å²) in [7, 11) is 0. The molecule has 2 rings (SSSR count). The quantitative estimate of drug-likeness (QED) is 0.736. The molecular formula is C12H22N2O2. The van der Waals surface area contributed by atoms with Crippen LogP contribution in [0.4, 0.5) is 0 Å². The summed E-state index contributed by atoms with van der Waals surface area (Å²) in [6, 6.07) is 1.97. The molecule has 2 bridgehead atoms. The molecule has 2 fully saturated rings. The zero-order valence-corrected chi connectivity index (χ0v) is 9.98. The summed E-state index contributed by atoms with van der Waals surface area (Å²) in [6.07, 6.45) is 5.27. The van der Waals surface area contributed by atoms with E-state index in [1.54, 1.807) is 0 Å². The van der Waals surface area contributed by atoms with Gasteiger partial charge in [-0.2, -0.15) is 0 Å². The number of carboxylic acids is 1. The molecule has 0 saturated carbocycles. The van der Waals surface area contributed by atoms with E-state index in [4.69, 9.17) is 5.11 Å². The molecule has 2 saturated heterocycles. The molecular weight excluding hydrogens is 204 g/mol. The molecule has 0 aromatic rings. The summed E-state index contributed by atoms with van der Waals surface area (Å²) in [5.74, 6) is -0.685. The van der Waals surface area contributed by atoms with Crippen molar-refractivity contribution in [1.29, 1.82) is 0 Å². The fraction of sp³-hybridized carbons (Fsp3) is 0.917. The van der Waals surface area contributed by atoms with Crippen LogP contribution in [0, 0.1) is 0 Å². The molecule has 0 amide bonds. The molecule has 2 N–H and O–H groups in total. The summed E-state index contributed by atoms with van der Waals surface area (Å²) in [5, 5.41) is 12.4. The second kappa shape index (κ2) is 5.15. The first-order valence-electron chi connectivity index (χ1n) is 6.41. The van der Waals surface area contributed by atoms with Gasteiger partial charge in [0.25, 0.3) is 0 Å². The summed E-state index contributed by atoms with van der Waals surface area (Å²) >= 11 is 0. The van der Waals surface area contributed by atoms with Gasteiger partial charge in [0.05, 0.1) is 6.42 Å². The van der Waals surface area contributed by atoms with E-state index in [0.29, 0.717) is 24.7 Å². The SMILES string of the molecule is CCN(CCC(=O)O)C1CC2CCC(C1)N2. The first-order chi connectivity index (χ1) is 7.69. The predicted molar refractivity (Wildman–Crippen MR) is 62.5 cm³/mol. The first-order valence-corrected chi connectivity index (χ1v) is 6.41. The lowest BCUT2D eigenvalue weighted by molar-refractivity contribution is -0.137. The van der Waals surface area contributed by atoms with Crippen molar-refractivity contribution in [3.63, 3.8) is 0 Å². The Hall–Kier alpha value is -0.610. The van der Waals surface area contributed by atoms with Gasteiger partial charge in [0.15, 0.2) is 0 Å². The van der Waals surface area contributed by atoms with E-state index in [1.807, 2.05) is 0 Å². The molecule has 4 nitrogen and oxygen atoms in total. The van der Waals surface area contributed by atoms with Crippen LogP contribution in [0.1, 0.15) is 39.0 Å². The molecule has 2 aliphatic rings. The Balaban J connectivity index is 1.86. The predicted octanol–water partition coefficient (Wildman–Crippen LogP) is 1.07. The number of carbonyl (C=O) groups is 1. The monoisotopic (exact) mass is 226 g/mol. The number of nitrogens with one attached hydrogen (secondary N) is 1. The van der Waals surface area contributed by atoms with Crippen molar-refractivity contribution in [3.05, 3.63) is 0 Å². The van der Waals surface area contributed by atoms with Crippen molar-refractivity contribution < 1.29 is 9.90 Å². The fourth-order valence-corrected chi connectivity index (χ4v) is 3.16. The Morgan fingerprint density at radius 3 is 2.50 bits per heavy atom. The van der Waals surface area contributed by atoms with Crippen LogP contribution in [0.2, 0.25) is 0 Å². The highest BCUT2D eigenvalue weighted by molar-refractivity contribution is 5.66. The zero-order chi connectivity index (χ0) is 11.5. The molecule has 2 heterocycles. The van der Waals surface area contributed by atoms with Crippen LogP contribution in [0.15, 0.2) is 0 Å². The Morgan fingerprint density at radius 1 is 1.38 bits per heavy atom. The van der Waals surface area contributed by atoms with Crippen molar-refractivity contribution in [2.24, 2.45) is 0 Å². The van der Waals surface area contributed by atoms with E-state index in [9.17, 15) is 4.79 Å². The van der Waals surface area contributed by atoms with Crippen molar-refractivity contribution in [1.82, 2.24) is 10.2 Å². The van der Waals surface area contributed by atoms with Crippen LogP contribution in [0.25, 0.3) is 0 Å². The average molecular weight is 226 g/mol. The Morgan fingerprint density at radius 2 is 2.00 bits per heavy atom. The highest BCUT2D eigenvalue weighted by Crippen LogP contribution is 2.29. The van der Waals surface area contributed by atoms with E-state index >= 15 is 0 Å². The highest BCUT2D eigenvalue weighted by atomic mass is 16.4. The lowest BCUT2D eigenvalue weighted by Crippen LogP contribution is -2.48. The van der Waals surface area contributed by atoms with E-state index < -0.39 is 5.97 Å². The maximum Gasteiger partial charge on any atom is 0.304 e. The fourth-order valence-electron chi connectivity index (χ4n) is 3.16. The third kappa shape index (κ3) is 2.74. The van der Waals surface area contributed by atoms with Crippen molar-refractivity contribution >= 4 is 5.97 Å². The molecule has 0 aromatic heterocycles. The van der Waals surface area contributed by atoms with Gasteiger partial charge in [-0.05, 0) is 32.2 Å². The van der Waals surface area contributed by atoms with Gasteiger partial charge in [0.1, 0.15) is 0 Å². The van der Waals surface area contributed by atoms with Gasteiger partial charge in [-0.1, -0.05) is 6.92 Å². The van der Waals surface area contributed by atoms with E-state index in [0.717, 1.165) is 6.54 Å². The lowest BCUT2D eigenvalue weighted by atomic mass is 9.98. The third-order valence-corrected chi connectivity index (χ3v) is 3.98. The van der Waals surface area contributed by atoms with Gasteiger partial charge in [-0.25, -0.2) is 0 Å².